The number of nitrogens with zero attached hydrogens (tertiary/aromatic N) is 3. The summed E-state index contributed by atoms with van der Waals surface area (Å²) in [6.07, 6.45) is 2.54. The van der Waals surface area contributed by atoms with E-state index in [1.807, 2.05) is 0 Å². The van der Waals surface area contributed by atoms with Crippen molar-refractivity contribution in [3.05, 3.63) is 54.1 Å². The van der Waals surface area contributed by atoms with E-state index >= 15 is 0 Å². The van der Waals surface area contributed by atoms with Gasteiger partial charge in [0.25, 0.3) is 0 Å². The fourth-order valence-corrected chi connectivity index (χ4v) is 3.60. The van der Waals surface area contributed by atoms with E-state index in [1.165, 1.54) is 0 Å². The molecule has 1 aliphatic rings. The number of hydrogen-bond acceptors (Lipinski definition) is 4. The molecule has 136 valence electrons. The van der Waals surface area contributed by atoms with Crippen LogP contribution in [0.4, 0.5) is 13.2 Å². The Balaban J connectivity index is 1.82. The van der Waals surface area contributed by atoms with Crippen molar-refractivity contribution in [1.29, 1.82) is 0 Å². The fraction of sp³-hybridized carbons (Fsp3) is 0.400. The van der Waals surface area contributed by atoms with Gasteiger partial charge in [-0.3, -0.25) is 4.98 Å². The smallest absolute Gasteiger partial charge is 0.369 e. The summed E-state index contributed by atoms with van der Waals surface area (Å²) in [5, 5.41) is 0. The van der Waals surface area contributed by atoms with Crippen LogP contribution in [0.15, 0.2) is 42.7 Å². The highest BCUT2D eigenvalue weighted by atomic mass is 32.2. The van der Waals surface area contributed by atoms with Crippen LogP contribution in [0.5, 0.6) is 0 Å². The maximum atomic E-state index is 12.9. The van der Waals surface area contributed by atoms with Crippen LogP contribution in [0.1, 0.15) is 11.4 Å². The van der Waals surface area contributed by atoms with Gasteiger partial charge < -0.3 is 9.30 Å². The van der Waals surface area contributed by atoms with Gasteiger partial charge in [0.1, 0.15) is 0 Å². The maximum Gasteiger partial charge on any atom is 0.511 e. The molecular formula is C15H16F3N3O3S. The standard InChI is InChI=1S/C15H16F3N3O3S/c16-15(17,18)25(22,23)21-8-13-5-3-7-20(13)9-14(10-21)24-11-12-4-1-2-6-19-12/h1-7,14H,8-11H2/t14-/m0/s1. The molecule has 6 nitrogen and oxygen atoms in total. The lowest BCUT2D eigenvalue weighted by Gasteiger charge is -2.24. The Morgan fingerprint density at radius 3 is 2.68 bits per heavy atom. The lowest BCUT2D eigenvalue weighted by molar-refractivity contribution is -0.0512. The van der Waals surface area contributed by atoms with Crippen molar-refractivity contribution in [2.75, 3.05) is 6.54 Å². The van der Waals surface area contributed by atoms with Gasteiger partial charge in [-0.2, -0.15) is 17.5 Å². The number of alkyl halides is 3. The van der Waals surface area contributed by atoms with Crippen molar-refractivity contribution in [1.82, 2.24) is 13.9 Å². The second-order valence-electron chi connectivity index (χ2n) is 5.65. The molecule has 1 aliphatic heterocycles. The zero-order valence-corrected chi connectivity index (χ0v) is 13.9. The van der Waals surface area contributed by atoms with Crippen molar-refractivity contribution in [3.8, 4) is 0 Å². The second-order valence-corrected chi connectivity index (χ2v) is 7.58. The summed E-state index contributed by atoms with van der Waals surface area (Å²) >= 11 is 0. The van der Waals surface area contributed by atoms with Crippen molar-refractivity contribution >= 4 is 10.0 Å². The van der Waals surface area contributed by atoms with Crippen LogP contribution in [-0.2, 0) is 34.5 Å². The Kier molecular flexibility index (Phi) is 4.85. The number of pyridine rings is 1. The molecule has 2 aromatic rings. The highest BCUT2D eigenvalue weighted by Gasteiger charge is 2.51. The average Bonchev–Trinajstić information content (AvgIpc) is 2.90. The Morgan fingerprint density at radius 1 is 1.20 bits per heavy atom. The quantitative estimate of drug-likeness (QED) is 0.821. The molecular weight excluding hydrogens is 359 g/mol. The molecule has 0 saturated heterocycles. The molecule has 1 atom stereocenters. The zero-order chi connectivity index (χ0) is 18.1. The van der Waals surface area contributed by atoms with Gasteiger partial charge in [-0.05, 0) is 24.3 Å². The zero-order valence-electron chi connectivity index (χ0n) is 13.1. The summed E-state index contributed by atoms with van der Waals surface area (Å²) in [6.45, 7) is -0.379. The maximum absolute atomic E-state index is 12.9. The number of aromatic nitrogens is 2. The van der Waals surface area contributed by atoms with Gasteiger partial charge in [-0.25, -0.2) is 8.42 Å². The molecule has 0 fully saturated rings. The SMILES string of the molecule is O=S(=O)(N1Cc2cccn2C[C@H](OCc2ccccn2)C1)C(F)(F)F. The van der Waals surface area contributed by atoms with Gasteiger partial charge in [0.05, 0.1) is 24.9 Å². The molecule has 0 spiro atoms. The largest absolute Gasteiger partial charge is 0.511 e. The average molecular weight is 375 g/mol. The Bertz CT molecular complexity index is 821. The third-order valence-electron chi connectivity index (χ3n) is 3.89. The molecule has 0 aromatic carbocycles. The van der Waals surface area contributed by atoms with Crippen LogP contribution in [-0.4, -0.2) is 40.4 Å². The van der Waals surface area contributed by atoms with Crippen molar-refractivity contribution in [2.45, 2.75) is 31.3 Å². The van der Waals surface area contributed by atoms with Crippen LogP contribution in [0, 0.1) is 0 Å². The van der Waals surface area contributed by atoms with Crippen LogP contribution >= 0.6 is 0 Å². The topological polar surface area (TPSA) is 64.4 Å². The van der Waals surface area contributed by atoms with Gasteiger partial charge in [0, 0.05) is 31.2 Å². The second kappa shape index (κ2) is 6.77. The minimum Gasteiger partial charge on any atom is -0.369 e. The van der Waals surface area contributed by atoms with E-state index in [9.17, 15) is 21.6 Å². The first kappa shape index (κ1) is 17.9. The number of halogens is 3. The van der Waals surface area contributed by atoms with Gasteiger partial charge in [-0.1, -0.05) is 6.07 Å². The molecule has 0 amide bonds. The molecule has 10 heteroatoms. The van der Waals surface area contributed by atoms with Crippen LogP contribution in [0.3, 0.4) is 0 Å². The highest BCUT2D eigenvalue weighted by molar-refractivity contribution is 7.89. The molecule has 0 bridgehead atoms. The molecule has 2 aromatic heterocycles. The highest BCUT2D eigenvalue weighted by Crippen LogP contribution is 2.30. The monoisotopic (exact) mass is 375 g/mol. The summed E-state index contributed by atoms with van der Waals surface area (Å²) in [4.78, 5) is 4.08. The van der Waals surface area contributed by atoms with Gasteiger partial charge >= 0.3 is 15.5 Å². The van der Waals surface area contributed by atoms with Gasteiger partial charge in [0.2, 0.25) is 0 Å². The molecule has 25 heavy (non-hydrogen) atoms. The predicted octanol–water partition coefficient (Wildman–Crippen LogP) is 2.13. The van der Waals surface area contributed by atoms with E-state index < -0.39 is 21.6 Å². The number of hydrogen-bond donors (Lipinski definition) is 0. The first-order chi connectivity index (χ1) is 11.8. The van der Waals surface area contributed by atoms with E-state index in [1.54, 1.807) is 47.3 Å². The van der Waals surface area contributed by atoms with E-state index in [4.69, 9.17) is 4.74 Å². The molecule has 0 saturated carbocycles. The Labute approximate surface area is 142 Å². The molecule has 3 rings (SSSR count). The van der Waals surface area contributed by atoms with Crippen molar-refractivity contribution in [3.63, 3.8) is 0 Å². The minimum absolute atomic E-state index is 0.0853. The minimum atomic E-state index is -5.43. The first-order valence-corrected chi connectivity index (χ1v) is 8.93. The van der Waals surface area contributed by atoms with E-state index in [0.29, 0.717) is 15.7 Å². The number of sulfonamides is 1. The summed E-state index contributed by atoms with van der Waals surface area (Å²) in [5.41, 5.74) is -4.25. The molecule has 0 N–H and O–H groups in total. The van der Waals surface area contributed by atoms with Crippen LogP contribution in [0.25, 0.3) is 0 Å². The number of ether oxygens (including phenoxy) is 1. The van der Waals surface area contributed by atoms with Crippen LogP contribution in [0.2, 0.25) is 0 Å². The Hall–Kier alpha value is -1.91. The Morgan fingerprint density at radius 2 is 2.00 bits per heavy atom. The summed E-state index contributed by atoms with van der Waals surface area (Å²) in [5.74, 6) is 0. The van der Waals surface area contributed by atoms with Gasteiger partial charge in [-0.15, -0.1) is 0 Å². The number of fused-ring (bicyclic) bond motifs is 1. The normalized spacial score (nSPS) is 19.4. The van der Waals surface area contributed by atoms with Crippen LogP contribution < -0.4 is 0 Å². The lowest BCUT2D eigenvalue weighted by Crippen LogP contribution is -2.43. The van der Waals surface area contributed by atoms with Crippen molar-refractivity contribution in [2.24, 2.45) is 0 Å². The molecule has 0 unspecified atom stereocenters. The summed E-state index contributed by atoms with van der Waals surface area (Å²) in [6, 6.07) is 8.49. The molecule has 3 heterocycles. The van der Waals surface area contributed by atoms with Gasteiger partial charge in [0.15, 0.2) is 0 Å². The fourth-order valence-electron chi connectivity index (χ4n) is 2.64. The lowest BCUT2D eigenvalue weighted by atomic mass is 10.3. The van der Waals surface area contributed by atoms with E-state index in [2.05, 4.69) is 4.98 Å². The van der Waals surface area contributed by atoms with E-state index in [0.717, 1.165) is 0 Å². The third-order valence-corrected chi connectivity index (χ3v) is 5.44. The summed E-state index contributed by atoms with van der Waals surface area (Å²) < 4.78 is 70.3. The first-order valence-electron chi connectivity index (χ1n) is 7.49. The number of rotatable bonds is 4. The molecule has 0 aliphatic carbocycles. The summed E-state index contributed by atoms with van der Waals surface area (Å²) in [7, 11) is -5.43. The third kappa shape index (κ3) is 3.86. The predicted molar refractivity (Wildman–Crippen MR) is 82.6 cm³/mol. The van der Waals surface area contributed by atoms with E-state index in [-0.39, 0.29) is 26.2 Å². The molecule has 0 radical (unpaired) electrons. The van der Waals surface area contributed by atoms with Crippen molar-refractivity contribution < 1.29 is 26.3 Å².